The number of nitrogens with one attached hydrogen (secondary N) is 1. The van der Waals surface area contributed by atoms with Crippen LogP contribution in [0.3, 0.4) is 0 Å². The highest BCUT2D eigenvalue weighted by molar-refractivity contribution is 8.15. The predicted molar refractivity (Wildman–Crippen MR) is 63.8 cm³/mol. The lowest BCUT2D eigenvalue weighted by Crippen LogP contribution is -2.38. The zero-order chi connectivity index (χ0) is 12.5. The first-order chi connectivity index (χ1) is 7.29. The van der Waals surface area contributed by atoms with Gasteiger partial charge in [0.15, 0.2) is 5.17 Å². The molecule has 0 aromatic heterocycles. The summed E-state index contributed by atoms with van der Waals surface area (Å²) in [6.45, 7) is 5.22. The summed E-state index contributed by atoms with van der Waals surface area (Å²) in [6.07, 6.45) is 0. The lowest BCUT2D eigenvalue weighted by molar-refractivity contribution is -0.131. The van der Waals surface area contributed by atoms with Crippen LogP contribution in [-0.4, -0.2) is 46.0 Å². The molecule has 0 radical (unpaired) electrons. The van der Waals surface area contributed by atoms with E-state index in [1.807, 2.05) is 13.8 Å². The van der Waals surface area contributed by atoms with Crippen molar-refractivity contribution in [2.45, 2.75) is 25.6 Å². The molecule has 7 heteroatoms. The summed E-state index contributed by atoms with van der Waals surface area (Å²) in [5.41, 5.74) is 0. The fourth-order valence-electron chi connectivity index (χ4n) is 1.33. The molecule has 1 rings (SSSR count). The van der Waals surface area contributed by atoms with Gasteiger partial charge in [0.2, 0.25) is 5.91 Å². The first-order valence-electron chi connectivity index (χ1n) is 4.83. The first-order valence-corrected chi connectivity index (χ1v) is 5.65. The Hall–Kier alpha value is -1.24. The number of amidine groups is 1. The Bertz CT molecular complexity index is 353. The molecule has 1 aliphatic rings. The van der Waals surface area contributed by atoms with Crippen molar-refractivity contribution in [2.24, 2.45) is 5.10 Å². The second-order valence-electron chi connectivity index (χ2n) is 3.88. The van der Waals surface area contributed by atoms with E-state index in [1.165, 1.54) is 28.6 Å². The van der Waals surface area contributed by atoms with Gasteiger partial charge in [-0.3, -0.25) is 9.69 Å². The van der Waals surface area contributed by atoms with Crippen molar-refractivity contribution in [3.05, 3.63) is 0 Å². The highest BCUT2D eigenvalue weighted by atomic mass is 32.2. The number of hydrogen-bond donors (Lipinski definition) is 1. The minimum atomic E-state index is -0.455. The van der Waals surface area contributed by atoms with Gasteiger partial charge in [0.1, 0.15) is 4.87 Å². The van der Waals surface area contributed by atoms with Crippen molar-refractivity contribution < 1.29 is 9.59 Å². The van der Waals surface area contributed by atoms with Crippen molar-refractivity contribution in [2.75, 3.05) is 14.1 Å². The quantitative estimate of drug-likeness (QED) is 0.687. The van der Waals surface area contributed by atoms with Gasteiger partial charge in [-0.15, -0.1) is 5.10 Å². The van der Waals surface area contributed by atoms with E-state index in [4.69, 9.17) is 0 Å². The summed E-state index contributed by atoms with van der Waals surface area (Å²) in [7, 11) is 3.16. The minimum absolute atomic E-state index is 0.141. The minimum Gasteiger partial charge on any atom is -0.341 e. The topological polar surface area (TPSA) is 65.0 Å². The van der Waals surface area contributed by atoms with Gasteiger partial charge in [0, 0.05) is 21.0 Å². The van der Waals surface area contributed by atoms with Gasteiger partial charge < -0.3 is 5.32 Å². The number of hydrazone groups is 1. The number of carbonyl (C=O) groups is 2. The van der Waals surface area contributed by atoms with Crippen molar-refractivity contribution in [3.63, 3.8) is 0 Å². The van der Waals surface area contributed by atoms with Gasteiger partial charge >= 0.3 is 6.03 Å². The Kier molecular flexibility index (Phi) is 3.47. The molecule has 0 aromatic carbocycles. The monoisotopic (exact) mass is 244 g/mol. The summed E-state index contributed by atoms with van der Waals surface area (Å²) in [4.78, 5) is 23.7. The molecule has 0 aliphatic carbocycles. The second-order valence-corrected chi connectivity index (χ2v) is 5.44. The number of rotatable bonds is 0. The summed E-state index contributed by atoms with van der Waals surface area (Å²) >= 11 is 1.38. The molecule has 0 saturated carbocycles. The SMILES string of the molecule is CNC(=O)N(C)C1=NN(C(C)=O)C(C)(C)S1. The van der Waals surface area contributed by atoms with E-state index in [2.05, 4.69) is 10.4 Å². The molecule has 1 aliphatic heterocycles. The van der Waals surface area contributed by atoms with Crippen LogP contribution in [0.5, 0.6) is 0 Å². The zero-order valence-corrected chi connectivity index (χ0v) is 10.9. The van der Waals surface area contributed by atoms with Crippen LogP contribution in [0.2, 0.25) is 0 Å². The molecule has 16 heavy (non-hydrogen) atoms. The van der Waals surface area contributed by atoms with Crippen LogP contribution in [0.15, 0.2) is 5.10 Å². The lowest BCUT2D eigenvalue weighted by atomic mass is 10.3. The number of urea groups is 1. The third-order valence-corrected chi connectivity index (χ3v) is 3.35. The Morgan fingerprint density at radius 3 is 2.44 bits per heavy atom. The summed E-state index contributed by atoms with van der Waals surface area (Å²) in [6, 6.07) is -0.257. The van der Waals surface area contributed by atoms with Crippen molar-refractivity contribution in [3.8, 4) is 0 Å². The van der Waals surface area contributed by atoms with Crippen LogP contribution >= 0.6 is 11.8 Å². The van der Waals surface area contributed by atoms with E-state index in [1.54, 1.807) is 14.1 Å². The Morgan fingerprint density at radius 1 is 1.50 bits per heavy atom. The second kappa shape index (κ2) is 4.32. The van der Waals surface area contributed by atoms with Gasteiger partial charge in [-0.2, -0.15) is 0 Å². The van der Waals surface area contributed by atoms with Gasteiger partial charge in [0.25, 0.3) is 0 Å². The van der Waals surface area contributed by atoms with Gasteiger partial charge in [0.05, 0.1) is 0 Å². The molecule has 3 amide bonds. The standard InChI is InChI=1S/C9H16N4O2S/c1-6(14)13-9(2,3)16-8(11-13)12(5)7(15)10-4/h1-5H3,(H,10,15). The van der Waals surface area contributed by atoms with Crippen LogP contribution in [0, 0.1) is 0 Å². The fourth-order valence-corrected chi connectivity index (χ4v) is 2.38. The lowest BCUT2D eigenvalue weighted by Gasteiger charge is -2.25. The van der Waals surface area contributed by atoms with E-state index < -0.39 is 4.87 Å². The molecular formula is C9H16N4O2S. The number of hydrogen-bond acceptors (Lipinski definition) is 4. The van der Waals surface area contributed by atoms with Crippen LogP contribution in [-0.2, 0) is 4.79 Å². The van der Waals surface area contributed by atoms with Crippen molar-refractivity contribution in [1.82, 2.24) is 15.2 Å². The number of carbonyl (C=O) groups excluding carboxylic acids is 2. The third kappa shape index (κ3) is 2.29. The molecule has 0 saturated heterocycles. The fraction of sp³-hybridized carbons (Fsp3) is 0.667. The average Bonchev–Trinajstić information content (AvgIpc) is 2.51. The summed E-state index contributed by atoms with van der Waals surface area (Å²) in [5, 5.41) is 8.54. The molecule has 90 valence electrons. The number of amides is 3. The maximum absolute atomic E-state index is 11.4. The first kappa shape index (κ1) is 12.8. The molecule has 0 bridgehead atoms. The smallest absolute Gasteiger partial charge is 0.322 e. The van der Waals surface area contributed by atoms with Crippen molar-refractivity contribution >= 4 is 28.9 Å². The van der Waals surface area contributed by atoms with Crippen molar-refractivity contribution in [1.29, 1.82) is 0 Å². The third-order valence-electron chi connectivity index (χ3n) is 2.14. The molecule has 0 fully saturated rings. The average molecular weight is 244 g/mol. The van der Waals surface area contributed by atoms with Crippen LogP contribution in [0.1, 0.15) is 20.8 Å². The maximum Gasteiger partial charge on any atom is 0.322 e. The van der Waals surface area contributed by atoms with E-state index in [0.29, 0.717) is 5.17 Å². The summed E-state index contributed by atoms with van der Waals surface area (Å²) in [5.74, 6) is -0.141. The van der Waals surface area contributed by atoms with Crippen LogP contribution in [0.25, 0.3) is 0 Å². The highest BCUT2D eigenvalue weighted by Gasteiger charge is 2.39. The molecule has 6 nitrogen and oxygen atoms in total. The Morgan fingerprint density at radius 2 is 2.06 bits per heavy atom. The van der Waals surface area contributed by atoms with E-state index in [-0.39, 0.29) is 11.9 Å². The van der Waals surface area contributed by atoms with E-state index in [0.717, 1.165) is 0 Å². The molecule has 0 spiro atoms. The van der Waals surface area contributed by atoms with Crippen LogP contribution < -0.4 is 5.32 Å². The van der Waals surface area contributed by atoms with E-state index >= 15 is 0 Å². The highest BCUT2D eigenvalue weighted by Crippen LogP contribution is 2.37. The van der Waals surface area contributed by atoms with Gasteiger partial charge in [-0.1, -0.05) is 11.8 Å². The Labute approximate surface area is 99.0 Å². The number of thioether (sulfide) groups is 1. The maximum atomic E-state index is 11.4. The molecular weight excluding hydrogens is 228 g/mol. The number of nitrogens with zero attached hydrogens (tertiary/aromatic N) is 3. The molecule has 1 heterocycles. The summed E-state index contributed by atoms with van der Waals surface area (Å²) < 4.78 is 0. The van der Waals surface area contributed by atoms with Gasteiger partial charge in [-0.05, 0) is 13.8 Å². The van der Waals surface area contributed by atoms with E-state index in [9.17, 15) is 9.59 Å². The van der Waals surface area contributed by atoms with Gasteiger partial charge in [-0.25, -0.2) is 9.80 Å². The molecule has 0 unspecified atom stereocenters. The Balaban J connectivity index is 2.90. The molecule has 1 N–H and O–H groups in total. The van der Waals surface area contributed by atoms with Crippen LogP contribution in [0.4, 0.5) is 4.79 Å². The normalized spacial score (nSPS) is 18.1. The predicted octanol–water partition coefficient (Wildman–Crippen LogP) is 0.860. The molecule has 0 aromatic rings. The molecule has 0 atom stereocenters. The zero-order valence-electron chi connectivity index (χ0n) is 10.1. The largest absolute Gasteiger partial charge is 0.341 e.